The normalized spacial score (nSPS) is 10.4. The number of nitriles is 1. The largest absolute Gasteiger partial charge is 0.340 e. The topological polar surface area (TPSA) is 79.0 Å². The molecule has 124 valence electrons. The van der Waals surface area contributed by atoms with E-state index in [1.165, 1.54) is 9.58 Å². The molecular weight excluding hydrogens is 316 g/mol. The summed E-state index contributed by atoms with van der Waals surface area (Å²) in [5.74, 6) is -0.214. The maximum atomic E-state index is 12.4. The first kappa shape index (κ1) is 16.4. The second kappa shape index (κ2) is 6.97. The molecule has 0 aliphatic heterocycles. The van der Waals surface area contributed by atoms with E-state index in [1.807, 2.05) is 24.3 Å². The Morgan fingerprint density at radius 2 is 1.92 bits per heavy atom. The molecule has 0 spiro atoms. The Hall–Kier alpha value is -3.46. The van der Waals surface area contributed by atoms with E-state index in [0.717, 1.165) is 10.9 Å². The maximum absolute atomic E-state index is 12.4. The molecular formula is C19H16N4O2. The molecule has 0 unspecified atom stereocenters. The molecule has 6 nitrogen and oxygen atoms in total. The van der Waals surface area contributed by atoms with Crippen LogP contribution in [-0.2, 0) is 17.9 Å². The molecule has 0 N–H and O–H groups in total. The minimum absolute atomic E-state index is 0.115. The number of carbonyl (C=O) groups is 1. The van der Waals surface area contributed by atoms with Crippen molar-refractivity contribution in [1.29, 1.82) is 5.26 Å². The van der Waals surface area contributed by atoms with Crippen LogP contribution >= 0.6 is 0 Å². The number of hydrogen-bond donors (Lipinski definition) is 0. The number of carbonyl (C=O) groups excluding carboxylic acids is 1. The quantitative estimate of drug-likeness (QED) is 0.731. The van der Waals surface area contributed by atoms with Crippen LogP contribution in [0.25, 0.3) is 10.8 Å². The minimum atomic E-state index is -0.279. The fraction of sp³-hybridized carbons (Fsp3) is 0.158. The SMILES string of the molecule is CN(Cc1ccc(C#N)cc1)C(=O)Cn1ncc2ccccc2c1=O. The highest BCUT2D eigenvalue weighted by atomic mass is 16.2. The van der Waals surface area contributed by atoms with Gasteiger partial charge in [0.25, 0.3) is 5.56 Å². The van der Waals surface area contributed by atoms with Gasteiger partial charge in [-0.1, -0.05) is 30.3 Å². The van der Waals surface area contributed by atoms with Crippen molar-refractivity contribution in [2.24, 2.45) is 0 Å². The van der Waals surface area contributed by atoms with E-state index in [1.54, 1.807) is 37.5 Å². The van der Waals surface area contributed by atoms with Crippen molar-refractivity contribution >= 4 is 16.7 Å². The van der Waals surface area contributed by atoms with Gasteiger partial charge in [0.1, 0.15) is 6.54 Å². The second-order valence-corrected chi connectivity index (χ2v) is 5.75. The van der Waals surface area contributed by atoms with Crippen LogP contribution in [0, 0.1) is 11.3 Å². The van der Waals surface area contributed by atoms with E-state index < -0.39 is 0 Å². The van der Waals surface area contributed by atoms with Crippen LogP contribution in [0.1, 0.15) is 11.1 Å². The first-order chi connectivity index (χ1) is 12.1. The molecule has 0 saturated heterocycles. The van der Waals surface area contributed by atoms with Crippen molar-refractivity contribution in [1.82, 2.24) is 14.7 Å². The van der Waals surface area contributed by atoms with Crippen LogP contribution in [0.15, 0.2) is 59.5 Å². The summed E-state index contributed by atoms with van der Waals surface area (Å²) in [6.45, 7) is 0.281. The lowest BCUT2D eigenvalue weighted by molar-refractivity contribution is -0.131. The molecule has 0 saturated carbocycles. The number of rotatable bonds is 4. The van der Waals surface area contributed by atoms with Crippen molar-refractivity contribution in [2.45, 2.75) is 13.1 Å². The molecule has 0 fully saturated rings. The Labute approximate surface area is 144 Å². The minimum Gasteiger partial charge on any atom is -0.340 e. The molecule has 6 heteroatoms. The number of nitrogens with zero attached hydrogens (tertiary/aromatic N) is 4. The summed E-state index contributed by atoms with van der Waals surface area (Å²) in [6, 6.07) is 16.3. The molecule has 0 bridgehead atoms. The lowest BCUT2D eigenvalue weighted by Gasteiger charge is -2.17. The highest BCUT2D eigenvalue weighted by Gasteiger charge is 2.13. The lowest BCUT2D eigenvalue weighted by Crippen LogP contribution is -2.34. The average Bonchev–Trinajstić information content (AvgIpc) is 2.64. The molecule has 1 aromatic heterocycles. The summed E-state index contributed by atoms with van der Waals surface area (Å²) < 4.78 is 1.18. The van der Waals surface area contributed by atoms with Gasteiger partial charge < -0.3 is 4.90 Å². The molecule has 0 aliphatic rings. The lowest BCUT2D eigenvalue weighted by atomic mass is 10.1. The summed E-state index contributed by atoms with van der Waals surface area (Å²) in [4.78, 5) is 26.3. The first-order valence-electron chi connectivity index (χ1n) is 7.76. The van der Waals surface area contributed by atoms with E-state index in [-0.39, 0.29) is 18.0 Å². The predicted molar refractivity (Wildman–Crippen MR) is 93.6 cm³/mol. The van der Waals surface area contributed by atoms with Crippen molar-refractivity contribution in [3.63, 3.8) is 0 Å². The number of hydrogen-bond acceptors (Lipinski definition) is 4. The summed E-state index contributed by atoms with van der Waals surface area (Å²) in [5, 5.41) is 14.2. The van der Waals surface area contributed by atoms with E-state index >= 15 is 0 Å². The smallest absolute Gasteiger partial charge is 0.275 e. The molecule has 0 aliphatic carbocycles. The fourth-order valence-corrected chi connectivity index (χ4v) is 2.54. The van der Waals surface area contributed by atoms with Crippen molar-refractivity contribution in [3.05, 3.63) is 76.2 Å². The molecule has 1 amide bonds. The van der Waals surface area contributed by atoms with E-state index in [9.17, 15) is 9.59 Å². The number of aromatic nitrogens is 2. The van der Waals surface area contributed by atoms with Gasteiger partial charge in [-0.15, -0.1) is 0 Å². The van der Waals surface area contributed by atoms with E-state index in [2.05, 4.69) is 11.2 Å². The van der Waals surface area contributed by atoms with E-state index in [0.29, 0.717) is 17.5 Å². The van der Waals surface area contributed by atoms with Gasteiger partial charge >= 0.3 is 0 Å². The summed E-state index contributed by atoms with van der Waals surface area (Å²) in [6.07, 6.45) is 1.59. The van der Waals surface area contributed by atoms with Gasteiger partial charge in [-0.25, -0.2) is 4.68 Å². The van der Waals surface area contributed by atoms with Gasteiger partial charge in [-0.2, -0.15) is 10.4 Å². The van der Waals surface area contributed by atoms with Gasteiger partial charge in [-0.3, -0.25) is 9.59 Å². The zero-order valence-corrected chi connectivity index (χ0v) is 13.7. The van der Waals surface area contributed by atoms with Crippen molar-refractivity contribution in [3.8, 4) is 6.07 Å². The monoisotopic (exact) mass is 332 g/mol. The maximum Gasteiger partial charge on any atom is 0.275 e. The van der Waals surface area contributed by atoms with Gasteiger partial charge in [0.2, 0.25) is 5.91 Å². The van der Waals surface area contributed by atoms with E-state index in [4.69, 9.17) is 5.26 Å². The predicted octanol–water partition coefficient (Wildman–Crippen LogP) is 1.93. The zero-order valence-electron chi connectivity index (χ0n) is 13.7. The Bertz CT molecular complexity index is 1020. The first-order valence-corrected chi connectivity index (χ1v) is 7.76. The standard InChI is InChI=1S/C19H16N4O2/c1-22(12-15-8-6-14(10-20)7-9-15)18(24)13-23-19(25)17-5-3-2-4-16(17)11-21-23/h2-9,11H,12-13H2,1H3. The Morgan fingerprint density at radius 3 is 2.64 bits per heavy atom. The number of likely N-dealkylation sites (N-methyl/N-ethyl adjacent to an activating group) is 1. The molecule has 2 aromatic carbocycles. The van der Waals surface area contributed by atoms with Gasteiger partial charge in [-0.05, 0) is 23.8 Å². The van der Waals surface area contributed by atoms with Crippen LogP contribution < -0.4 is 5.56 Å². The van der Waals surface area contributed by atoms with Crippen LogP contribution in [0.4, 0.5) is 0 Å². The second-order valence-electron chi connectivity index (χ2n) is 5.75. The molecule has 3 rings (SSSR count). The third-order valence-corrected chi connectivity index (χ3v) is 3.98. The summed E-state index contributed by atoms with van der Waals surface area (Å²) in [7, 11) is 1.67. The van der Waals surface area contributed by atoms with Gasteiger partial charge in [0.15, 0.2) is 0 Å². The fourth-order valence-electron chi connectivity index (χ4n) is 2.54. The molecule has 3 aromatic rings. The average molecular weight is 332 g/mol. The third-order valence-electron chi connectivity index (χ3n) is 3.98. The van der Waals surface area contributed by atoms with Crippen LogP contribution in [-0.4, -0.2) is 27.6 Å². The highest BCUT2D eigenvalue weighted by molar-refractivity contribution is 5.81. The van der Waals surface area contributed by atoms with Gasteiger partial charge in [0, 0.05) is 19.0 Å². The molecule has 0 radical (unpaired) electrons. The third kappa shape index (κ3) is 3.56. The van der Waals surface area contributed by atoms with Crippen molar-refractivity contribution < 1.29 is 4.79 Å². The van der Waals surface area contributed by atoms with Crippen LogP contribution in [0.5, 0.6) is 0 Å². The highest BCUT2D eigenvalue weighted by Crippen LogP contribution is 2.08. The summed E-state index contributed by atoms with van der Waals surface area (Å²) in [5.41, 5.74) is 1.21. The Kier molecular flexibility index (Phi) is 4.57. The van der Waals surface area contributed by atoms with Crippen LogP contribution in [0.3, 0.4) is 0 Å². The molecule has 25 heavy (non-hydrogen) atoms. The zero-order chi connectivity index (χ0) is 17.8. The number of fused-ring (bicyclic) bond motifs is 1. The number of benzene rings is 2. The van der Waals surface area contributed by atoms with Crippen molar-refractivity contribution in [2.75, 3.05) is 7.05 Å². The van der Waals surface area contributed by atoms with Gasteiger partial charge in [0.05, 0.1) is 23.2 Å². The molecule has 1 heterocycles. The summed E-state index contributed by atoms with van der Waals surface area (Å²) >= 11 is 0. The Balaban J connectivity index is 1.74. The number of amides is 1. The van der Waals surface area contributed by atoms with Crippen LogP contribution in [0.2, 0.25) is 0 Å². The molecule has 0 atom stereocenters. The Morgan fingerprint density at radius 1 is 1.20 bits per heavy atom.